The summed E-state index contributed by atoms with van der Waals surface area (Å²) in [6.07, 6.45) is 11.5. The molecule has 2 N–H and O–H groups in total. The van der Waals surface area contributed by atoms with Crippen LogP contribution in [0, 0.1) is 11.8 Å². The summed E-state index contributed by atoms with van der Waals surface area (Å²) in [7, 11) is 1.50. The number of hydrogen-bond acceptors (Lipinski definition) is 3. The molecule has 158 valence electrons. The lowest BCUT2D eigenvalue weighted by Gasteiger charge is -2.35. The van der Waals surface area contributed by atoms with Crippen molar-refractivity contribution in [2.75, 3.05) is 7.05 Å². The molecule has 7 heteroatoms. The van der Waals surface area contributed by atoms with Gasteiger partial charge in [-0.2, -0.15) is 0 Å². The van der Waals surface area contributed by atoms with Crippen molar-refractivity contribution in [2.45, 2.75) is 63.7 Å². The number of amides is 1. The Morgan fingerprint density at radius 2 is 1.76 bits per heavy atom. The number of alkyl halides is 2. The van der Waals surface area contributed by atoms with Crippen LogP contribution in [0.15, 0.2) is 29.3 Å². The fourth-order valence-electron chi connectivity index (χ4n) is 4.55. The van der Waals surface area contributed by atoms with Gasteiger partial charge in [0.1, 0.15) is 5.69 Å². The van der Waals surface area contributed by atoms with E-state index in [1.165, 1.54) is 57.6 Å². The van der Waals surface area contributed by atoms with Crippen molar-refractivity contribution in [3.05, 3.63) is 40.4 Å². The number of halogens is 2. The van der Waals surface area contributed by atoms with Crippen LogP contribution in [0.2, 0.25) is 0 Å². The van der Waals surface area contributed by atoms with E-state index in [1.807, 2.05) is 0 Å². The maximum atomic E-state index is 12.9. The van der Waals surface area contributed by atoms with Gasteiger partial charge in [0.25, 0.3) is 5.91 Å². The molecule has 0 radical (unpaired) electrons. The first-order chi connectivity index (χ1) is 13.9. The van der Waals surface area contributed by atoms with Gasteiger partial charge < -0.3 is 10.3 Å². The Bertz CT molecular complexity index is 876. The predicted molar refractivity (Wildman–Crippen MR) is 109 cm³/mol. The van der Waals surface area contributed by atoms with Crippen LogP contribution in [0.5, 0.6) is 0 Å². The van der Waals surface area contributed by atoms with Gasteiger partial charge >= 0.3 is 0 Å². The highest BCUT2D eigenvalue weighted by Gasteiger charge is 2.37. The Labute approximate surface area is 169 Å². The molecule has 0 atom stereocenters. The first kappa shape index (κ1) is 21.4. The van der Waals surface area contributed by atoms with Gasteiger partial charge in [-0.3, -0.25) is 14.6 Å². The summed E-state index contributed by atoms with van der Waals surface area (Å²) in [6, 6.07) is 3.03. The molecule has 0 bridgehead atoms. The summed E-state index contributed by atoms with van der Waals surface area (Å²) in [4.78, 5) is 29.8. The summed E-state index contributed by atoms with van der Waals surface area (Å²) in [5, 5.41) is 2.77. The molecular formula is C22H29F2N3O2. The van der Waals surface area contributed by atoms with Gasteiger partial charge in [0.05, 0.1) is 10.9 Å². The predicted octanol–water partition coefficient (Wildman–Crippen LogP) is 4.67. The fraction of sp³-hybridized carbons (Fsp3) is 0.591. The molecule has 1 amide bonds. The number of pyridine rings is 2. The third-order valence-electron chi connectivity index (χ3n) is 6.19. The van der Waals surface area contributed by atoms with Gasteiger partial charge in [-0.15, -0.1) is 0 Å². The normalized spacial score (nSPS) is 20.0. The molecule has 0 unspecified atom stereocenters. The van der Waals surface area contributed by atoms with Crippen LogP contribution in [0.4, 0.5) is 8.78 Å². The molecule has 29 heavy (non-hydrogen) atoms. The second-order valence-corrected chi connectivity index (χ2v) is 8.09. The van der Waals surface area contributed by atoms with Crippen molar-refractivity contribution >= 4 is 16.8 Å². The van der Waals surface area contributed by atoms with E-state index in [1.54, 1.807) is 6.07 Å². The molecule has 2 fully saturated rings. The summed E-state index contributed by atoms with van der Waals surface area (Å²) < 4.78 is 25.9. The number of nitrogens with one attached hydrogen (secondary N) is 2. The van der Waals surface area contributed by atoms with Crippen LogP contribution in [-0.4, -0.2) is 28.8 Å². The smallest absolute Gasteiger partial charge is 0.270 e. The largest absolute Gasteiger partial charge is 0.361 e. The van der Waals surface area contributed by atoms with Crippen molar-refractivity contribution in [1.29, 1.82) is 0 Å². The van der Waals surface area contributed by atoms with E-state index in [-0.39, 0.29) is 29.9 Å². The molecule has 0 spiro atoms. The molecule has 2 aromatic rings. The third kappa shape index (κ3) is 5.40. The second-order valence-electron chi connectivity index (χ2n) is 8.09. The number of aromatic nitrogens is 2. The minimum Gasteiger partial charge on any atom is -0.361 e. The molecule has 2 aliphatic rings. The summed E-state index contributed by atoms with van der Waals surface area (Å²) in [6.45, 7) is 0. The summed E-state index contributed by atoms with van der Waals surface area (Å²) in [5.41, 5.74) is 0.545. The molecule has 0 saturated heterocycles. The van der Waals surface area contributed by atoms with Crippen LogP contribution in [0.1, 0.15) is 68.3 Å². The zero-order chi connectivity index (χ0) is 20.9. The van der Waals surface area contributed by atoms with E-state index in [9.17, 15) is 18.4 Å². The Morgan fingerprint density at radius 3 is 2.41 bits per heavy atom. The van der Waals surface area contributed by atoms with E-state index in [2.05, 4.69) is 15.3 Å². The van der Waals surface area contributed by atoms with Crippen LogP contribution >= 0.6 is 0 Å². The fourth-order valence-corrected chi connectivity index (χ4v) is 4.55. The van der Waals surface area contributed by atoms with Crippen LogP contribution in [0.25, 0.3) is 10.9 Å². The first-order valence-corrected chi connectivity index (χ1v) is 10.5. The van der Waals surface area contributed by atoms with E-state index < -0.39 is 5.92 Å². The van der Waals surface area contributed by atoms with E-state index in [4.69, 9.17) is 0 Å². The minimum absolute atomic E-state index is 0.147. The first-order valence-electron chi connectivity index (χ1n) is 10.5. The zero-order valence-electron chi connectivity index (χ0n) is 16.8. The average Bonchev–Trinajstić information content (AvgIpc) is 2.74. The van der Waals surface area contributed by atoms with Gasteiger partial charge in [-0.1, -0.05) is 32.1 Å². The number of H-pyrrole nitrogens is 1. The highest BCUT2D eigenvalue weighted by atomic mass is 19.3. The molecule has 2 saturated carbocycles. The Balaban J connectivity index is 0.000000166. The Kier molecular flexibility index (Phi) is 6.98. The molecule has 4 rings (SSSR count). The van der Waals surface area contributed by atoms with Crippen LogP contribution in [-0.2, 0) is 0 Å². The maximum Gasteiger partial charge on any atom is 0.270 e. The highest BCUT2D eigenvalue weighted by molar-refractivity contribution is 6.03. The van der Waals surface area contributed by atoms with Gasteiger partial charge in [-0.05, 0) is 30.7 Å². The second kappa shape index (κ2) is 9.46. The Morgan fingerprint density at radius 1 is 1.10 bits per heavy atom. The van der Waals surface area contributed by atoms with E-state index in [0.29, 0.717) is 16.8 Å². The Hall–Kier alpha value is -2.31. The maximum absolute atomic E-state index is 12.9. The van der Waals surface area contributed by atoms with Crippen molar-refractivity contribution < 1.29 is 13.6 Å². The highest BCUT2D eigenvalue weighted by Crippen LogP contribution is 2.43. The SMILES string of the molecule is CNC(=O)c1nccc2[nH]ccc(=O)c12.FC1(F)CCC(C2CCCCC2)CC1. The molecule has 2 aromatic heterocycles. The zero-order valence-corrected chi connectivity index (χ0v) is 16.8. The van der Waals surface area contributed by atoms with Gasteiger partial charge in [0.2, 0.25) is 5.92 Å². The summed E-state index contributed by atoms with van der Waals surface area (Å²) >= 11 is 0. The molecule has 2 aliphatic carbocycles. The lowest BCUT2D eigenvalue weighted by molar-refractivity contribution is -0.0541. The lowest BCUT2D eigenvalue weighted by Crippen LogP contribution is -2.29. The molecule has 0 aromatic carbocycles. The molecule has 2 heterocycles. The van der Waals surface area contributed by atoms with Crippen LogP contribution in [0.3, 0.4) is 0 Å². The number of nitrogens with zero attached hydrogens (tertiary/aromatic N) is 1. The standard InChI is InChI=1S/C12H20F2.C10H9N3O2/c13-12(14)8-6-11(7-9-12)10-4-2-1-3-5-10;1-11-10(15)9-8-6(2-4-13-9)12-5-3-7(8)14/h10-11H,1-9H2;2-5H,1H3,(H,11,15)(H,12,14). The third-order valence-corrected chi connectivity index (χ3v) is 6.19. The number of aromatic amines is 1. The molecular weight excluding hydrogens is 376 g/mol. The van der Waals surface area contributed by atoms with Crippen molar-refractivity contribution in [1.82, 2.24) is 15.3 Å². The lowest BCUT2D eigenvalue weighted by atomic mass is 9.73. The minimum atomic E-state index is -2.34. The van der Waals surface area contributed by atoms with Crippen molar-refractivity contribution in [3.8, 4) is 0 Å². The molecule has 5 nitrogen and oxygen atoms in total. The van der Waals surface area contributed by atoms with Gasteiger partial charge in [0.15, 0.2) is 5.43 Å². The van der Waals surface area contributed by atoms with E-state index in [0.717, 1.165) is 18.8 Å². The average molecular weight is 405 g/mol. The van der Waals surface area contributed by atoms with E-state index >= 15 is 0 Å². The van der Waals surface area contributed by atoms with Gasteiger partial charge in [0, 0.05) is 38.3 Å². The van der Waals surface area contributed by atoms with Crippen LogP contribution < -0.4 is 10.7 Å². The van der Waals surface area contributed by atoms with Crippen molar-refractivity contribution in [2.24, 2.45) is 11.8 Å². The summed E-state index contributed by atoms with van der Waals surface area (Å²) in [5.74, 6) is -1.31. The van der Waals surface area contributed by atoms with Crippen molar-refractivity contribution in [3.63, 3.8) is 0 Å². The number of carbonyl (C=O) groups is 1. The topological polar surface area (TPSA) is 74.8 Å². The monoisotopic (exact) mass is 405 g/mol. The molecule has 0 aliphatic heterocycles. The number of rotatable bonds is 2. The van der Waals surface area contributed by atoms with Gasteiger partial charge in [-0.25, -0.2) is 8.78 Å². The number of fused-ring (bicyclic) bond motifs is 1. The number of hydrogen-bond donors (Lipinski definition) is 2. The quantitative estimate of drug-likeness (QED) is 0.762. The number of carbonyl (C=O) groups excluding carboxylic acids is 1.